The van der Waals surface area contributed by atoms with Crippen molar-refractivity contribution >= 4 is 80.1 Å². The van der Waals surface area contributed by atoms with Crippen LogP contribution in [0.15, 0.2) is 58.8 Å². The fraction of sp³-hybridized carbons (Fsp3) is 0.0870. The lowest BCUT2D eigenvalue weighted by molar-refractivity contribution is -0.123. The molecule has 2 amide bonds. The van der Waals surface area contributed by atoms with E-state index in [1.165, 1.54) is 24.5 Å². The van der Waals surface area contributed by atoms with Gasteiger partial charge in [-0.2, -0.15) is 5.01 Å². The van der Waals surface area contributed by atoms with Gasteiger partial charge in [0.15, 0.2) is 15.8 Å². The van der Waals surface area contributed by atoms with E-state index < -0.39 is 11.8 Å². The molecule has 3 aromatic rings. The van der Waals surface area contributed by atoms with Crippen molar-refractivity contribution in [3.05, 3.63) is 84.2 Å². The second-order valence-corrected chi connectivity index (χ2v) is 10.6. The fourth-order valence-corrected chi connectivity index (χ4v) is 5.58. The highest BCUT2D eigenvalue weighted by molar-refractivity contribution is 14.1. The molecule has 0 radical (unpaired) electrons. The number of amides is 2. The molecule has 0 aliphatic carbocycles. The van der Waals surface area contributed by atoms with Crippen LogP contribution in [0.25, 0.3) is 6.08 Å². The van der Waals surface area contributed by atoms with Gasteiger partial charge in [-0.05, 0) is 76.1 Å². The van der Waals surface area contributed by atoms with E-state index in [2.05, 4.69) is 28.0 Å². The third-order valence-electron chi connectivity index (χ3n) is 4.63. The fourth-order valence-electron chi connectivity index (χ4n) is 3.01. The first kappa shape index (κ1) is 24.6. The summed E-state index contributed by atoms with van der Waals surface area (Å²) in [6.45, 7) is 0.0426. The number of hydrogen-bond donors (Lipinski definition) is 1. The largest absolute Gasteiger partial charge is 0.493 e. The number of carbonyl (C=O) groups excluding carboxylic acids is 2. The van der Waals surface area contributed by atoms with Crippen LogP contribution in [0.3, 0.4) is 0 Å². The Labute approximate surface area is 222 Å². The number of thioether (sulfide) groups is 1. The van der Waals surface area contributed by atoms with E-state index in [0.29, 0.717) is 32.4 Å². The van der Waals surface area contributed by atoms with Crippen LogP contribution in [-0.4, -0.2) is 28.3 Å². The van der Waals surface area contributed by atoms with Crippen molar-refractivity contribution in [2.45, 2.75) is 6.61 Å². The average Bonchev–Trinajstić information content (AvgIpc) is 3.44. The van der Waals surface area contributed by atoms with Gasteiger partial charge in [-0.1, -0.05) is 36.0 Å². The van der Waals surface area contributed by atoms with Crippen molar-refractivity contribution in [2.24, 2.45) is 0 Å². The van der Waals surface area contributed by atoms with E-state index in [0.717, 1.165) is 20.3 Å². The number of nitrogens with zero attached hydrogens (tertiary/aromatic N) is 1. The van der Waals surface area contributed by atoms with E-state index >= 15 is 0 Å². The van der Waals surface area contributed by atoms with Crippen molar-refractivity contribution in [3.63, 3.8) is 0 Å². The summed E-state index contributed by atoms with van der Waals surface area (Å²) in [6, 6.07) is 13.3. The summed E-state index contributed by atoms with van der Waals surface area (Å²) in [5, 5.41) is 2.85. The van der Waals surface area contributed by atoms with Crippen molar-refractivity contribution in [1.29, 1.82) is 0 Å². The van der Waals surface area contributed by atoms with Gasteiger partial charge in [0.05, 0.1) is 20.5 Å². The molecular weight excluding hydrogens is 610 g/mol. The average molecular weight is 626 g/mol. The van der Waals surface area contributed by atoms with Gasteiger partial charge in [-0.25, -0.2) is 4.39 Å². The van der Waals surface area contributed by atoms with E-state index in [-0.39, 0.29) is 16.7 Å². The summed E-state index contributed by atoms with van der Waals surface area (Å²) < 4.78 is 26.2. The zero-order chi connectivity index (χ0) is 24.2. The topological polar surface area (TPSA) is 67.9 Å². The Morgan fingerprint density at radius 1 is 1.26 bits per heavy atom. The number of thiocarbonyl (C=S) groups is 1. The van der Waals surface area contributed by atoms with Crippen LogP contribution in [0.4, 0.5) is 4.39 Å². The van der Waals surface area contributed by atoms with Crippen LogP contribution < -0.4 is 14.9 Å². The summed E-state index contributed by atoms with van der Waals surface area (Å²) in [4.78, 5) is 26.0. The molecule has 1 saturated heterocycles. The Balaban J connectivity index is 1.52. The van der Waals surface area contributed by atoms with Gasteiger partial charge in [0.1, 0.15) is 12.4 Å². The maximum absolute atomic E-state index is 13.9. The highest BCUT2D eigenvalue weighted by atomic mass is 127. The Hall–Kier alpha value is -2.48. The second-order valence-electron chi connectivity index (χ2n) is 6.85. The van der Waals surface area contributed by atoms with E-state index in [1.54, 1.807) is 47.9 Å². The number of benzene rings is 2. The lowest BCUT2D eigenvalue weighted by Gasteiger charge is -2.15. The molecular formula is C23H16FIN2O4S3. The minimum absolute atomic E-state index is 0.0426. The first-order valence-corrected chi connectivity index (χ1v) is 12.9. The monoisotopic (exact) mass is 626 g/mol. The Morgan fingerprint density at radius 3 is 2.76 bits per heavy atom. The predicted octanol–water partition coefficient (Wildman–Crippen LogP) is 5.63. The summed E-state index contributed by atoms with van der Waals surface area (Å²) in [5.74, 6) is -0.259. The minimum atomic E-state index is -0.422. The smallest absolute Gasteiger partial charge is 0.285 e. The first-order chi connectivity index (χ1) is 16.4. The highest BCUT2D eigenvalue weighted by Crippen LogP contribution is 2.37. The zero-order valence-corrected chi connectivity index (χ0v) is 22.1. The standard InChI is InChI=1S/C23H16FIN2O4S3/c1-30-17-10-13(9-16(25)20(17)31-12-14-5-2-3-6-15(14)24)11-19-22(29)27(23(32)34-19)26-21(28)18-7-4-8-33-18/h2-11H,12H2,1H3,(H,26,28)/b19-11+. The van der Waals surface area contributed by atoms with Crippen LogP contribution in [0, 0.1) is 9.39 Å². The van der Waals surface area contributed by atoms with Crippen molar-refractivity contribution in [1.82, 2.24) is 10.4 Å². The number of rotatable bonds is 7. The third kappa shape index (κ3) is 5.43. The number of ether oxygens (including phenoxy) is 2. The molecule has 174 valence electrons. The lowest BCUT2D eigenvalue weighted by atomic mass is 10.1. The highest BCUT2D eigenvalue weighted by Gasteiger charge is 2.34. The van der Waals surface area contributed by atoms with Crippen molar-refractivity contribution in [3.8, 4) is 11.5 Å². The number of methoxy groups -OCH3 is 1. The van der Waals surface area contributed by atoms with Gasteiger partial charge < -0.3 is 9.47 Å². The van der Waals surface area contributed by atoms with Crippen molar-refractivity contribution in [2.75, 3.05) is 7.11 Å². The van der Waals surface area contributed by atoms with E-state index in [9.17, 15) is 14.0 Å². The Bertz CT molecular complexity index is 1300. The minimum Gasteiger partial charge on any atom is -0.493 e. The number of carbonyl (C=O) groups is 2. The molecule has 2 heterocycles. The summed E-state index contributed by atoms with van der Waals surface area (Å²) in [6.07, 6.45) is 1.67. The maximum Gasteiger partial charge on any atom is 0.285 e. The lowest BCUT2D eigenvalue weighted by Crippen LogP contribution is -2.44. The molecule has 0 bridgehead atoms. The summed E-state index contributed by atoms with van der Waals surface area (Å²) >= 11 is 9.74. The van der Waals surface area contributed by atoms with Gasteiger partial charge in [0, 0.05) is 5.56 Å². The molecule has 0 unspecified atom stereocenters. The van der Waals surface area contributed by atoms with Gasteiger partial charge >= 0.3 is 0 Å². The van der Waals surface area contributed by atoms with Crippen LogP contribution in [0.2, 0.25) is 0 Å². The molecule has 1 aliphatic heterocycles. The molecule has 0 saturated carbocycles. The number of nitrogens with one attached hydrogen (secondary N) is 1. The van der Waals surface area contributed by atoms with Gasteiger partial charge in [0.25, 0.3) is 11.8 Å². The molecule has 1 aromatic heterocycles. The Morgan fingerprint density at radius 2 is 2.06 bits per heavy atom. The van der Waals surface area contributed by atoms with Gasteiger partial charge in [-0.3, -0.25) is 15.0 Å². The molecule has 1 aliphatic rings. The predicted molar refractivity (Wildman–Crippen MR) is 143 cm³/mol. The van der Waals surface area contributed by atoms with Crippen LogP contribution in [0.5, 0.6) is 11.5 Å². The van der Waals surface area contributed by atoms with Crippen LogP contribution in [-0.2, 0) is 11.4 Å². The normalized spacial score (nSPS) is 14.6. The second kappa shape index (κ2) is 10.8. The van der Waals surface area contributed by atoms with E-state index in [1.807, 2.05) is 6.07 Å². The number of hydrogen-bond acceptors (Lipinski definition) is 7. The molecule has 0 spiro atoms. The molecule has 1 fully saturated rings. The van der Waals surface area contributed by atoms with Gasteiger partial charge in [-0.15, -0.1) is 11.3 Å². The molecule has 34 heavy (non-hydrogen) atoms. The SMILES string of the molecule is COc1cc(/C=C2/SC(=S)N(NC(=O)c3cccs3)C2=O)cc(I)c1OCc1ccccc1F. The Kier molecular flexibility index (Phi) is 7.86. The maximum atomic E-state index is 13.9. The number of thiophene rings is 1. The quantitative estimate of drug-likeness (QED) is 0.209. The summed E-state index contributed by atoms with van der Waals surface area (Å²) in [7, 11) is 1.50. The van der Waals surface area contributed by atoms with Crippen LogP contribution >= 0.6 is 57.9 Å². The van der Waals surface area contributed by atoms with Gasteiger partial charge in [0.2, 0.25) is 0 Å². The molecule has 6 nitrogen and oxygen atoms in total. The van der Waals surface area contributed by atoms with E-state index in [4.69, 9.17) is 21.7 Å². The molecule has 0 atom stereocenters. The third-order valence-corrected chi connectivity index (χ3v) is 7.60. The molecule has 4 rings (SSSR count). The number of halogens is 2. The molecule has 11 heteroatoms. The molecule has 1 N–H and O–H groups in total. The number of hydrazine groups is 1. The zero-order valence-electron chi connectivity index (χ0n) is 17.5. The molecule has 2 aromatic carbocycles. The van der Waals surface area contributed by atoms with Crippen LogP contribution in [0.1, 0.15) is 20.8 Å². The first-order valence-electron chi connectivity index (χ1n) is 9.73. The van der Waals surface area contributed by atoms with Crippen molar-refractivity contribution < 1.29 is 23.5 Å². The summed E-state index contributed by atoms with van der Waals surface area (Å²) in [5.41, 5.74) is 3.67.